The highest BCUT2D eigenvalue weighted by atomic mass is 15.1. The molecule has 1 saturated heterocycles. The van der Waals surface area contributed by atoms with Gasteiger partial charge in [-0.25, -0.2) is 0 Å². The maximum atomic E-state index is 2.36. The second kappa shape index (κ2) is 8.52. The summed E-state index contributed by atoms with van der Waals surface area (Å²) >= 11 is 0. The molecule has 0 aromatic carbocycles. The van der Waals surface area contributed by atoms with Crippen molar-refractivity contribution >= 4 is 0 Å². The fraction of sp³-hybridized carbons (Fsp3) is 1.00. The average Bonchev–Trinajstić information content (AvgIpc) is 2.53. The molecule has 1 aliphatic heterocycles. The Bertz CT molecular complexity index is 96.3. The lowest BCUT2D eigenvalue weighted by molar-refractivity contribution is 0.398. The van der Waals surface area contributed by atoms with Crippen LogP contribution in [0.15, 0.2) is 0 Å². The van der Waals surface area contributed by atoms with Gasteiger partial charge in [-0.15, -0.1) is 0 Å². The quantitative estimate of drug-likeness (QED) is 0.665. The smallest absolute Gasteiger partial charge is 0.00213 e. The van der Waals surface area contributed by atoms with Crippen LogP contribution in [0.3, 0.4) is 0 Å². The van der Waals surface area contributed by atoms with Gasteiger partial charge >= 0.3 is 0 Å². The molecular formula is C11H26N2. The SMILES string of the molecule is CCCCN(C)C.CN1CCCC1. The molecule has 1 rings (SSSR count). The molecule has 2 nitrogen and oxygen atoms in total. The molecule has 0 bridgehead atoms. The minimum atomic E-state index is 1.23. The average molecular weight is 186 g/mol. The summed E-state index contributed by atoms with van der Waals surface area (Å²) in [6.45, 7) is 6.08. The molecule has 1 aliphatic rings. The second-order valence-electron chi connectivity index (χ2n) is 4.17. The van der Waals surface area contributed by atoms with Gasteiger partial charge in [-0.1, -0.05) is 13.3 Å². The molecule has 0 aromatic heterocycles. The van der Waals surface area contributed by atoms with E-state index < -0.39 is 0 Å². The maximum absolute atomic E-state index is 2.36. The lowest BCUT2D eigenvalue weighted by Crippen LogP contribution is -2.12. The van der Waals surface area contributed by atoms with Crippen LogP contribution < -0.4 is 0 Å². The van der Waals surface area contributed by atoms with Gasteiger partial charge in [0, 0.05) is 0 Å². The second-order valence-corrected chi connectivity index (χ2v) is 4.17. The van der Waals surface area contributed by atoms with Crippen molar-refractivity contribution in [3.63, 3.8) is 0 Å². The summed E-state index contributed by atoms with van der Waals surface area (Å²) in [4.78, 5) is 4.57. The fourth-order valence-corrected chi connectivity index (χ4v) is 1.35. The van der Waals surface area contributed by atoms with Crippen molar-refractivity contribution in [2.24, 2.45) is 0 Å². The normalized spacial score (nSPS) is 17.3. The molecule has 0 unspecified atom stereocenters. The molecule has 80 valence electrons. The molecule has 0 atom stereocenters. The van der Waals surface area contributed by atoms with Crippen LogP contribution in [0, 0.1) is 0 Å². The molecule has 0 saturated carbocycles. The van der Waals surface area contributed by atoms with Crippen molar-refractivity contribution in [2.75, 3.05) is 40.8 Å². The van der Waals surface area contributed by atoms with Crippen LogP contribution in [0.5, 0.6) is 0 Å². The third-order valence-electron chi connectivity index (χ3n) is 2.29. The molecule has 0 aliphatic carbocycles. The first-order valence-electron chi connectivity index (χ1n) is 5.50. The van der Waals surface area contributed by atoms with E-state index >= 15 is 0 Å². The Labute approximate surface area is 83.9 Å². The van der Waals surface area contributed by atoms with Crippen LogP contribution in [0.4, 0.5) is 0 Å². The summed E-state index contributed by atoms with van der Waals surface area (Å²) in [6.07, 6.45) is 5.46. The number of nitrogens with zero attached hydrogens (tertiary/aromatic N) is 2. The number of unbranched alkanes of at least 4 members (excludes halogenated alkanes) is 1. The summed E-state index contributed by atoms with van der Waals surface area (Å²) in [6, 6.07) is 0. The molecular weight excluding hydrogens is 160 g/mol. The number of hydrogen-bond donors (Lipinski definition) is 0. The van der Waals surface area contributed by atoms with Gasteiger partial charge in [-0.05, 0) is 60.0 Å². The van der Waals surface area contributed by atoms with Gasteiger partial charge in [-0.2, -0.15) is 0 Å². The Kier molecular flexibility index (Phi) is 8.46. The topological polar surface area (TPSA) is 6.48 Å². The van der Waals surface area contributed by atoms with Gasteiger partial charge < -0.3 is 9.80 Å². The van der Waals surface area contributed by atoms with Gasteiger partial charge in [0.05, 0.1) is 0 Å². The third kappa shape index (κ3) is 9.84. The standard InChI is InChI=1S/C6H15N.C5H11N/c1-4-5-6-7(2)3;1-6-4-2-3-5-6/h4-6H2,1-3H3;2-5H2,1H3. The minimum Gasteiger partial charge on any atom is -0.309 e. The van der Waals surface area contributed by atoms with Crippen molar-refractivity contribution in [1.29, 1.82) is 0 Å². The van der Waals surface area contributed by atoms with Crippen molar-refractivity contribution in [3.8, 4) is 0 Å². The zero-order valence-electron chi connectivity index (χ0n) is 9.84. The summed E-state index contributed by atoms with van der Waals surface area (Å²) in [5.41, 5.74) is 0. The molecule has 0 radical (unpaired) electrons. The summed E-state index contributed by atoms with van der Waals surface area (Å²) in [5, 5.41) is 0. The zero-order chi connectivity index (χ0) is 10.1. The van der Waals surface area contributed by atoms with Gasteiger partial charge in [0.25, 0.3) is 0 Å². The first-order chi connectivity index (χ1) is 6.16. The van der Waals surface area contributed by atoms with E-state index in [0.29, 0.717) is 0 Å². The van der Waals surface area contributed by atoms with E-state index in [1.165, 1.54) is 45.3 Å². The van der Waals surface area contributed by atoms with Gasteiger partial charge in [0.1, 0.15) is 0 Å². The van der Waals surface area contributed by atoms with Crippen molar-refractivity contribution < 1.29 is 0 Å². The van der Waals surface area contributed by atoms with Crippen LogP contribution in [0.2, 0.25) is 0 Å². The Balaban J connectivity index is 0.000000223. The number of rotatable bonds is 3. The van der Waals surface area contributed by atoms with E-state index in [1.54, 1.807) is 0 Å². The van der Waals surface area contributed by atoms with Crippen LogP contribution in [-0.4, -0.2) is 50.6 Å². The largest absolute Gasteiger partial charge is 0.309 e. The van der Waals surface area contributed by atoms with Crippen molar-refractivity contribution in [2.45, 2.75) is 32.6 Å². The molecule has 0 aromatic rings. The molecule has 0 spiro atoms. The summed E-state index contributed by atoms with van der Waals surface area (Å²) in [7, 11) is 6.39. The maximum Gasteiger partial charge on any atom is -0.00213 e. The Morgan fingerprint density at radius 1 is 1.15 bits per heavy atom. The molecule has 13 heavy (non-hydrogen) atoms. The highest BCUT2D eigenvalue weighted by Crippen LogP contribution is 2.02. The predicted molar refractivity (Wildman–Crippen MR) is 60.2 cm³/mol. The molecule has 0 N–H and O–H groups in total. The van der Waals surface area contributed by atoms with Crippen LogP contribution in [0.25, 0.3) is 0 Å². The highest BCUT2D eigenvalue weighted by molar-refractivity contribution is 4.59. The van der Waals surface area contributed by atoms with Crippen LogP contribution in [-0.2, 0) is 0 Å². The molecule has 1 fully saturated rings. The molecule has 0 amide bonds. The third-order valence-corrected chi connectivity index (χ3v) is 2.29. The fourth-order valence-electron chi connectivity index (χ4n) is 1.35. The van der Waals surface area contributed by atoms with E-state index in [2.05, 4.69) is 37.9 Å². The van der Waals surface area contributed by atoms with Crippen LogP contribution >= 0.6 is 0 Å². The van der Waals surface area contributed by atoms with Gasteiger partial charge in [0.2, 0.25) is 0 Å². The predicted octanol–water partition coefficient (Wildman–Crippen LogP) is 2.06. The van der Waals surface area contributed by atoms with Gasteiger partial charge in [-0.3, -0.25) is 0 Å². The van der Waals surface area contributed by atoms with Crippen LogP contribution in [0.1, 0.15) is 32.6 Å². The lowest BCUT2D eigenvalue weighted by atomic mass is 10.3. The molecule has 2 heteroatoms. The highest BCUT2D eigenvalue weighted by Gasteiger charge is 2.03. The Morgan fingerprint density at radius 3 is 1.85 bits per heavy atom. The Morgan fingerprint density at radius 2 is 1.69 bits per heavy atom. The first kappa shape index (κ1) is 12.9. The van der Waals surface area contributed by atoms with E-state index in [-0.39, 0.29) is 0 Å². The van der Waals surface area contributed by atoms with E-state index in [4.69, 9.17) is 0 Å². The molecule has 1 heterocycles. The zero-order valence-corrected chi connectivity index (χ0v) is 9.84. The van der Waals surface area contributed by atoms with Gasteiger partial charge in [0.15, 0.2) is 0 Å². The number of hydrogen-bond acceptors (Lipinski definition) is 2. The monoisotopic (exact) mass is 186 g/mol. The van der Waals surface area contributed by atoms with Crippen molar-refractivity contribution in [1.82, 2.24) is 9.80 Å². The number of likely N-dealkylation sites (tertiary alicyclic amines) is 1. The van der Waals surface area contributed by atoms with Crippen molar-refractivity contribution in [3.05, 3.63) is 0 Å². The Hall–Kier alpha value is -0.0800. The van der Waals surface area contributed by atoms with E-state index in [9.17, 15) is 0 Å². The summed E-state index contributed by atoms with van der Waals surface area (Å²) in [5.74, 6) is 0. The lowest BCUT2D eigenvalue weighted by Gasteiger charge is -2.05. The first-order valence-corrected chi connectivity index (χ1v) is 5.50. The van der Waals surface area contributed by atoms with E-state index in [1.807, 2.05) is 0 Å². The summed E-state index contributed by atoms with van der Waals surface area (Å²) < 4.78 is 0. The van der Waals surface area contributed by atoms with E-state index in [0.717, 1.165) is 0 Å². The minimum absolute atomic E-state index is 1.23.